The summed E-state index contributed by atoms with van der Waals surface area (Å²) in [6.07, 6.45) is 7.49. The molecule has 1 fully saturated rings. The zero-order valence-electron chi connectivity index (χ0n) is 10.5. The van der Waals surface area contributed by atoms with Crippen LogP contribution in [0.3, 0.4) is 0 Å². The number of aromatic nitrogens is 3. The van der Waals surface area contributed by atoms with E-state index in [1.807, 2.05) is 30.2 Å². The first-order valence-electron chi connectivity index (χ1n) is 6.40. The molecule has 0 radical (unpaired) electrons. The number of anilines is 1. The first kappa shape index (κ1) is 11.8. The minimum atomic E-state index is 0.587. The van der Waals surface area contributed by atoms with Crippen molar-refractivity contribution in [1.29, 1.82) is 0 Å². The second kappa shape index (κ2) is 4.76. The van der Waals surface area contributed by atoms with E-state index in [-0.39, 0.29) is 0 Å². The molecule has 0 aliphatic heterocycles. The monoisotopic (exact) mass is 264 g/mol. The predicted molar refractivity (Wildman–Crippen MR) is 74.2 cm³/mol. The first-order valence-corrected chi connectivity index (χ1v) is 6.93. The molecule has 1 saturated carbocycles. The number of hydrogen-bond donors (Lipinski definition) is 0. The highest BCUT2D eigenvalue weighted by Gasteiger charge is 2.27. The number of imidazole rings is 1. The number of nitrogens with zero attached hydrogens (tertiary/aromatic N) is 4. The summed E-state index contributed by atoms with van der Waals surface area (Å²) in [5.41, 5.74) is 2.11. The third kappa shape index (κ3) is 1.85. The molecule has 0 unspecified atom stereocenters. The van der Waals surface area contributed by atoms with Gasteiger partial charge in [0.2, 0.25) is 0 Å². The molecule has 1 aliphatic rings. The van der Waals surface area contributed by atoms with E-state index in [4.69, 9.17) is 11.6 Å². The molecule has 0 saturated heterocycles. The van der Waals surface area contributed by atoms with Crippen molar-refractivity contribution in [3.8, 4) is 0 Å². The van der Waals surface area contributed by atoms with E-state index >= 15 is 0 Å². The standard InChI is InChI=1S/C13H17ClN4/c1-17-9-16-12-11(17)5-7-15-13(12)18(8-6-14)10-3-2-4-10/h5,7,9-10H,2-4,6,8H2,1H3. The molecular weight excluding hydrogens is 248 g/mol. The van der Waals surface area contributed by atoms with Crippen molar-refractivity contribution in [1.82, 2.24) is 14.5 Å². The van der Waals surface area contributed by atoms with Gasteiger partial charge in [0.05, 0.1) is 11.8 Å². The van der Waals surface area contributed by atoms with Gasteiger partial charge in [0.1, 0.15) is 5.52 Å². The van der Waals surface area contributed by atoms with Crippen molar-refractivity contribution >= 4 is 28.5 Å². The fourth-order valence-corrected chi connectivity index (χ4v) is 2.69. The van der Waals surface area contributed by atoms with Crippen LogP contribution in [0, 0.1) is 0 Å². The van der Waals surface area contributed by atoms with Crippen LogP contribution in [0.4, 0.5) is 5.82 Å². The Morgan fingerprint density at radius 2 is 2.28 bits per heavy atom. The molecule has 18 heavy (non-hydrogen) atoms. The Hall–Kier alpha value is -1.29. The minimum absolute atomic E-state index is 0.587. The van der Waals surface area contributed by atoms with Crippen LogP contribution in [-0.2, 0) is 7.05 Å². The number of fused-ring (bicyclic) bond motifs is 1. The summed E-state index contributed by atoms with van der Waals surface area (Å²) in [5, 5.41) is 0. The maximum atomic E-state index is 5.93. The van der Waals surface area contributed by atoms with Crippen molar-refractivity contribution in [2.45, 2.75) is 25.3 Å². The number of pyridine rings is 1. The van der Waals surface area contributed by atoms with Gasteiger partial charge in [0.15, 0.2) is 5.82 Å². The van der Waals surface area contributed by atoms with E-state index in [1.165, 1.54) is 19.3 Å². The van der Waals surface area contributed by atoms with Gasteiger partial charge in [-0.1, -0.05) is 0 Å². The maximum Gasteiger partial charge on any atom is 0.157 e. The lowest BCUT2D eigenvalue weighted by atomic mass is 9.91. The molecule has 2 aromatic heterocycles. The molecule has 4 nitrogen and oxygen atoms in total. The molecule has 0 aromatic carbocycles. The molecule has 0 spiro atoms. The summed E-state index contributed by atoms with van der Waals surface area (Å²) in [6, 6.07) is 2.59. The molecule has 0 atom stereocenters. The molecule has 0 bridgehead atoms. The van der Waals surface area contributed by atoms with E-state index in [0.717, 1.165) is 23.4 Å². The average molecular weight is 265 g/mol. The number of hydrogen-bond acceptors (Lipinski definition) is 3. The van der Waals surface area contributed by atoms with Crippen LogP contribution in [0.15, 0.2) is 18.6 Å². The Bertz CT molecular complexity index is 547. The van der Waals surface area contributed by atoms with E-state index < -0.39 is 0 Å². The normalized spacial score (nSPS) is 15.9. The van der Waals surface area contributed by atoms with Crippen LogP contribution < -0.4 is 4.90 Å². The quantitative estimate of drug-likeness (QED) is 0.796. The van der Waals surface area contributed by atoms with Crippen LogP contribution in [-0.4, -0.2) is 33.0 Å². The van der Waals surface area contributed by atoms with E-state index in [0.29, 0.717) is 11.9 Å². The molecule has 2 aromatic rings. The largest absolute Gasteiger partial charge is 0.351 e. The van der Waals surface area contributed by atoms with Gasteiger partial charge in [0, 0.05) is 31.7 Å². The third-order valence-electron chi connectivity index (χ3n) is 3.74. The van der Waals surface area contributed by atoms with Gasteiger partial charge in [-0.3, -0.25) is 0 Å². The van der Waals surface area contributed by atoms with Crippen LogP contribution in [0.2, 0.25) is 0 Å². The summed E-state index contributed by atoms with van der Waals surface area (Å²) in [4.78, 5) is 11.3. The summed E-state index contributed by atoms with van der Waals surface area (Å²) in [7, 11) is 2.01. The van der Waals surface area contributed by atoms with Crippen LogP contribution in [0.25, 0.3) is 11.0 Å². The topological polar surface area (TPSA) is 34.0 Å². The molecule has 0 N–H and O–H groups in total. The minimum Gasteiger partial charge on any atom is -0.351 e. The van der Waals surface area contributed by atoms with Gasteiger partial charge in [-0.25, -0.2) is 9.97 Å². The Labute approximate surface area is 112 Å². The van der Waals surface area contributed by atoms with Gasteiger partial charge >= 0.3 is 0 Å². The number of alkyl halides is 1. The molecule has 1 aliphatic carbocycles. The Morgan fingerprint density at radius 1 is 1.44 bits per heavy atom. The zero-order valence-corrected chi connectivity index (χ0v) is 11.3. The molecule has 5 heteroatoms. The predicted octanol–water partition coefficient (Wildman–Crippen LogP) is 2.57. The van der Waals surface area contributed by atoms with Crippen LogP contribution in [0.5, 0.6) is 0 Å². The molecule has 96 valence electrons. The van der Waals surface area contributed by atoms with Gasteiger partial charge < -0.3 is 9.47 Å². The van der Waals surface area contributed by atoms with Crippen molar-refractivity contribution in [3.63, 3.8) is 0 Å². The number of aryl methyl sites for hydroxylation is 1. The van der Waals surface area contributed by atoms with Crippen LogP contribution >= 0.6 is 11.6 Å². The lowest BCUT2D eigenvalue weighted by molar-refractivity contribution is 0.389. The molecule has 0 amide bonds. The van der Waals surface area contributed by atoms with Crippen molar-refractivity contribution < 1.29 is 0 Å². The highest BCUT2D eigenvalue weighted by atomic mass is 35.5. The van der Waals surface area contributed by atoms with Crippen LogP contribution in [0.1, 0.15) is 19.3 Å². The average Bonchev–Trinajstić information content (AvgIpc) is 2.69. The van der Waals surface area contributed by atoms with Gasteiger partial charge in [-0.2, -0.15) is 0 Å². The lowest BCUT2D eigenvalue weighted by Crippen LogP contribution is -2.42. The molecular formula is C13H17ClN4. The Morgan fingerprint density at radius 3 is 2.94 bits per heavy atom. The van der Waals surface area contributed by atoms with Gasteiger partial charge in [0.25, 0.3) is 0 Å². The summed E-state index contributed by atoms with van der Waals surface area (Å²) in [6.45, 7) is 0.842. The highest BCUT2D eigenvalue weighted by molar-refractivity contribution is 6.18. The number of rotatable bonds is 4. The number of halogens is 1. The zero-order chi connectivity index (χ0) is 12.5. The maximum absolute atomic E-state index is 5.93. The fourth-order valence-electron chi connectivity index (χ4n) is 2.51. The Balaban J connectivity index is 2.04. The Kier molecular flexibility index (Phi) is 3.12. The van der Waals surface area contributed by atoms with Crippen molar-refractivity contribution in [2.24, 2.45) is 7.05 Å². The molecule has 2 heterocycles. The lowest BCUT2D eigenvalue weighted by Gasteiger charge is -2.38. The SMILES string of the molecule is Cn1cnc2c(N(CCCl)C3CCC3)nccc21. The first-order chi connectivity index (χ1) is 8.81. The van der Waals surface area contributed by atoms with E-state index in [2.05, 4.69) is 14.9 Å². The highest BCUT2D eigenvalue weighted by Crippen LogP contribution is 2.31. The second-order valence-corrected chi connectivity index (χ2v) is 5.20. The molecule has 3 rings (SSSR count). The smallest absolute Gasteiger partial charge is 0.157 e. The van der Waals surface area contributed by atoms with Crippen molar-refractivity contribution in [2.75, 3.05) is 17.3 Å². The van der Waals surface area contributed by atoms with E-state index in [1.54, 1.807) is 0 Å². The fraction of sp³-hybridized carbons (Fsp3) is 0.538. The van der Waals surface area contributed by atoms with Gasteiger partial charge in [-0.15, -0.1) is 11.6 Å². The summed E-state index contributed by atoms with van der Waals surface area (Å²) in [5.74, 6) is 1.61. The summed E-state index contributed by atoms with van der Waals surface area (Å²) < 4.78 is 2.03. The second-order valence-electron chi connectivity index (χ2n) is 4.82. The van der Waals surface area contributed by atoms with Gasteiger partial charge in [-0.05, 0) is 25.3 Å². The van der Waals surface area contributed by atoms with E-state index in [9.17, 15) is 0 Å². The third-order valence-corrected chi connectivity index (χ3v) is 3.91. The summed E-state index contributed by atoms with van der Waals surface area (Å²) >= 11 is 5.93. The van der Waals surface area contributed by atoms with Crippen molar-refractivity contribution in [3.05, 3.63) is 18.6 Å².